The van der Waals surface area contributed by atoms with E-state index in [1.54, 1.807) is 19.1 Å². The van der Waals surface area contributed by atoms with Crippen molar-refractivity contribution in [3.8, 4) is 5.75 Å². The quantitative estimate of drug-likeness (QED) is 0.810. The van der Waals surface area contributed by atoms with Gasteiger partial charge in [-0.05, 0) is 44.2 Å². The lowest BCUT2D eigenvalue weighted by Gasteiger charge is -2.21. The molecule has 1 amide bonds. The molecule has 0 aliphatic rings. The molecule has 1 aromatic carbocycles. The molecule has 0 bridgehead atoms. The van der Waals surface area contributed by atoms with Crippen LogP contribution in [0.1, 0.15) is 28.8 Å². The number of halogens is 1. The monoisotopic (exact) mass is 309 g/mol. The predicted molar refractivity (Wildman–Crippen MR) is 78.5 cm³/mol. The molecular formula is C15H16ClNO4. The standard InChI is InChI=1S/C15H16ClNO4/c1-9-3-6-13(21-9)15(2,20)8-17-14(19)11-7-10(16)4-5-12(11)18/h3-7,18,20H,8H2,1-2H3,(H,17,19). The molecule has 0 fully saturated rings. The molecule has 1 unspecified atom stereocenters. The summed E-state index contributed by atoms with van der Waals surface area (Å²) in [6.07, 6.45) is 0. The Morgan fingerprint density at radius 2 is 2.10 bits per heavy atom. The van der Waals surface area contributed by atoms with E-state index in [1.807, 2.05) is 0 Å². The number of benzene rings is 1. The van der Waals surface area contributed by atoms with Gasteiger partial charge < -0.3 is 19.9 Å². The van der Waals surface area contributed by atoms with Gasteiger partial charge in [-0.25, -0.2) is 0 Å². The van der Waals surface area contributed by atoms with Crippen LogP contribution in [0, 0.1) is 6.92 Å². The molecule has 1 aromatic heterocycles. The lowest BCUT2D eigenvalue weighted by atomic mass is 10.0. The van der Waals surface area contributed by atoms with E-state index in [2.05, 4.69) is 5.32 Å². The van der Waals surface area contributed by atoms with Gasteiger partial charge >= 0.3 is 0 Å². The Hall–Kier alpha value is -1.98. The Morgan fingerprint density at radius 3 is 2.71 bits per heavy atom. The van der Waals surface area contributed by atoms with Gasteiger partial charge in [0.2, 0.25) is 0 Å². The molecule has 0 radical (unpaired) electrons. The van der Waals surface area contributed by atoms with Gasteiger partial charge in [0.15, 0.2) is 0 Å². The summed E-state index contributed by atoms with van der Waals surface area (Å²) in [5.74, 6) is 0.323. The molecular weight excluding hydrogens is 294 g/mol. The summed E-state index contributed by atoms with van der Waals surface area (Å²) in [6, 6.07) is 7.56. The minimum absolute atomic E-state index is 0.0499. The van der Waals surface area contributed by atoms with Crippen molar-refractivity contribution in [2.24, 2.45) is 0 Å². The fourth-order valence-electron chi connectivity index (χ4n) is 1.85. The fourth-order valence-corrected chi connectivity index (χ4v) is 2.02. The molecule has 0 saturated carbocycles. The second-order valence-electron chi connectivity index (χ2n) is 5.03. The topological polar surface area (TPSA) is 82.7 Å². The van der Waals surface area contributed by atoms with Crippen molar-refractivity contribution < 1.29 is 19.4 Å². The first-order valence-electron chi connectivity index (χ1n) is 6.35. The number of phenols is 1. The minimum atomic E-state index is -1.35. The van der Waals surface area contributed by atoms with E-state index >= 15 is 0 Å². The zero-order valence-electron chi connectivity index (χ0n) is 11.7. The van der Waals surface area contributed by atoms with E-state index in [0.29, 0.717) is 16.5 Å². The SMILES string of the molecule is Cc1ccc(C(C)(O)CNC(=O)c2cc(Cl)ccc2O)o1. The minimum Gasteiger partial charge on any atom is -0.507 e. The maximum atomic E-state index is 12.0. The summed E-state index contributed by atoms with van der Waals surface area (Å²) in [5, 5.41) is 22.9. The highest BCUT2D eigenvalue weighted by molar-refractivity contribution is 6.31. The smallest absolute Gasteiger partial charge is 0.255 e. The number of furan rings is 1. The van der Waals surface area contributed by atoms with Crippen molar-refractivity contribution in [1.29, 1.82) is 0 Å². The molecule has 2 rings (SSSR count). The number of carbonyl (C=O) groups is 1. The van der Waals surface area contributed by atoms with Crippen LogP contribution in [0.4, 0.5) is 0 Å². The number of aromatic hydroxyl groups is 1. The average Bonchev–Trinajstić information content (AvgIpc) is 2.86. The van der Waals surface area contributed by atoms with Gasteiger partial charge in [-0.3, -0.25) is 4.79 Å². The largest absolute Gasteiger partial charge is 0.507 e. The lowest BCUT2D eigenvalue weighted by Crippen LogP contribution is -2.38. The van der Waals surface area contributed by atoms with Crippen molar-refractivity contribution >= 4 is 17.5 Å². The summed E-state index contributed by atoms with van der Waals surface area (Å²) in [4.78, 5) is 12.0. The number of hydrogen-bond acceptors (Lipinski definition) is 4. The second-order valence-corrected chi connectivity index (χ2v) is 5.46. The molecule has 0 spiro atoms. The Morgan fingerprint density at radius 1 is 1.38 bits per heavy atom. The van der Waals surface area contributed by atoms with Gasteiger partial charge in [0.1, 0.15) is 22.9 Å². The van der Waals surface area contributed by atoms with E-state index in [9.17, 15) is 15.0 Å². The molecule has 0 aliphatic carbocycles. The summed E-state index contributed by atoms with van der Waals surface area (Å²) in [7, 11) is 0. The summed E-state index contributed by atoms with van der Waals surface area (Å²) in [5.41, 5.74) is -1.30. The number of carbonyl (C=O) groups excluding carboxylic acids is 1. The number of hydrogen-bond donors (Lipinski definition) is 3. The van der Waals surface area contributed by atoms with E-state index in [4.69, 9.17) is 16.0 Å². The van der Waals surface area contributed by atoms with E-state index < -0.39 is 11.5 Å². The predicted octanol–water partition coefficient (Wildman–Crippen LogP) is 2.58. The number of aliphatic hydroxyl groups is 1. The molecule has 0 saturated heterocycles. The van der Waals surface area contributed by atoms with Crippen molar-refractivity contribution in [2.45, 2.75) is 19.4 Å². The Kier molecular flexibility index (Phi) is 4.25. The van der Waals surface area contributed by atoms with Crippen molar-refractivity contribution in [2.75, 3.05) is 6.54 Å². The maximum absolute atomic E-state index is 12.0. The van der Waals surface area contributed by atoms with E-state index in [0.717, 1.165) is 0 Å². The van der Waals surface area contributed by atoms with Crippen molar-refractivity contribution in [3.63, 3.8) is 0 Å². The first-order valence-corrected chi connectivity index (χ1v) is 6.73. The molecule has 6 heteroatoms. The van der Waals surface area contributed by atoms with E-state index in [-0.39, 0.29) is 17.9 Å². The van der Waals surface area contributed by atoms with Crippen LogP contribution in [-0.2, 0) is 5.60 Å². The third-order valence-corrected chi connectivity index (χ3v) is 3.30. The van der Waals surface area contributed by atoms with Crippen LogP contribution in [0.5, 0.6) is 5.75 Å². The third kappa shape index (κ3) is 3.56. The molecule has 1 heterocycles. The van der Waals surface area contributed by atoms with Crippen LogP contribution in [0.25, 0.3) is 0 Å². The van der Waals surface area contributed by atoms with Gasteiger partial charge in [0.25, 0.3) is 5.91 Å². The highest BCUT2D eigenvalue weighted by Crippen LogP contribution is 2.24. The van der Waals surface area contributed by atoms with Crippen LogP contribution in [0.2, 0.25) is 5.02 Å². The lowest BCUT2D eigenvalue weighted by molar-refractivity contribution is 0.0323. The zero-order chi connectivity index (χ0) is 15.6. The van der Waals surface area contributed by atoms with Crippen LogP contribution in [0.15, 0.2) is 34.7 Å². The summed E-state index contributed by atoms with van der Waals surface area (Å²) in [6.45, 7) is 3.23. The highest BCUT2D eigenvalue weighted by Gasteiger charge is 2.28. The normalized spacial score (nSPS) is 13.7. The Labute approximate surface area is 127 Å². The first kappa shape index (κ1) is 15.4. The van der Waals surface area contributed by atoms with E-state index in [1.165, 1.54) is 25.1 Å². The van der Waals surface area contributed by atoms with Gasteiger partial charge in [-0.15, -0.1) is 0 Å². The molecule has 112 valence electrons. The maximum Gasteiger partial charge on any atom is 0.255 e. The Balaban J connectivity index is 2.08. The van der Waals surface area contributed by atoms with Gasteiger partial charge in [0, 0.05) is 5.02 Å². The van der Waals surface area contributed by atoms with Gasteiger partial charge in [-0.1, -0.05) is 11.6 Å². The van der Waals surface area contributed by atoms with Gasteiger partial charge in [-0.2, -0.15) is 0 Å². The number of aryl methyl sites for hydroxylation is 1. The molecule has 0 aliphatic heterocycles. The summed E-state index contributed by atoms with van der Waals surface area (Å²) >= 11 is 5.79. The first-order chi connectivity index (χ1) is 9.79. The molecule has 5 nitrogen and oxygen atoms in total. The number of phenolic OH excluding ortho intramolecular Hbond substituents is 1. The van der Waals surface area contributed by atoms with Crippen LogP contribution in [0.3, 0.4) is 0 Å². The van der Waals surface area contributed by atoms with Crippen molar-refractivity contribution in [3.05, 3.63) is 52.4 Å². The van der Waals surface area contributed by atoms with Crippen LogP contribution >= 0.6 is 11.6 Å². The molecule has 21 heavy (non-hydrogen) atoms. The third-order valence-electron chi connectivity index (χ3n) is 3.07. The number of nitrogens with one attached hydrogen (secondary N) is 1. The number of amides is 1. The van der Waals surface area contributed by atoms with Crippen molar-refractivity contribution in [1.82, 2.24) is 5.32 Å². The highest BCUT2D eigenvalue weighted by atomic mass is 35.5. The second kappa shape index (κ2) is 5.79. The molecule has 3 N–H and O–H groups in total. The zero-order valence-corrected chi connectivity index (χ0v) is 12.4. The Bertz CT molecular complexity index is 663. The average molecular weight is 310 g/mol. The van der Waals surface area contributed by atoms with Crippen LogP contribution < -0.4 is 5.32 Å². The molecule has 1 atom stereocenters. The number of rotatable bonds is 4. The molecule has 2 aromatic rings. The van der Waals surface area contributed by atoms with Gasteiger partial charge in [0.05, 0.1) is 12.1 Å². The fraction of sp³-hybridized carbons (Fsp3) is 0.267. The summed E-state index contributed by atoms with van der Waals surface area (Å²) < 4.78 is 5.36. The van der Waals surface area contributed by atoms with Crippen LogP contribution in [-0.4, -0.2) is 22.7 Å².